The average molecular weight is 266 g/mol. The van der Waals surface area contributed by atoms with Gasteiger partial charge in [0.2, 0.25) is 5.95 Å². The van der Waals surface area contributed by atoms with Crippen LogP contribution in [0.1, 0.15) is 32.2 Å². The molecule has 5 nitrogen and oxygen atoms in total. The quantitative estimate of drug-likeness (QED) is 0.819. The summed E-state index contributed by atoms with van der Waals surface area (Å²) < 4.78 is 7.36. The first-order valence-electron chi connectivity index (χ1n) is 7.02. The molecule has 108 valence electrons. The van der Waals surface area contributed by atoms with Crippen LogP contribution in [0.2, 0.25) is 0 Å². The number of rotatable bonds is 7. The first kappa shape index (κ1) is 14.3. The fourth-order valence-corrected chi connectivity index (χ4v) is 2.74. The van der Waals surface area contributed by atoms with E-state index in [1.165, 1.54) is 19.3 Å². The zero-order valence-electron chi connectivity index (χ0n) is 12.5. The van der Waals surface area contributed by atoms with Crippen molar-refractivity contribution in [3.63, 3.8) is 0 Å². The number of hydrogen-bond acceptors (Lipinski definition) is 4. The molecule has 1 atom stereocenters. The van der Waals surface area contributed by atoms with Crippen molar-refractivity contribution in [1.29, 1.82) is 0 Å². The highest BCUT2D eigenvalue weighted by molar-refractivity contribution is 5.28. The molecule has 0 saturated heterocycles. The molecule has 1 fully saturated rings. The third kappa shape index (κ3) is 2.92. The smallest absolute Gasteiger partial charge is 0.203 e. The molecule has 0 radical (unpaired) electrons. The molecule has 1 aliphatic rings. The first-order chi connectivity index (χ1) is 9.09. The van der Waals surface area contributed by atoms with E-state index < -0.39 is 0 Å². The number of aromatic nitrogens is 2. The van der Waals surface area contributed by atoms with Crippen LogP contribution in [0.5, 0.6) is 0 Å². The number of nitrogens with zero attached hydrogens (tertiary/aromatic N) is 3. The summed E-state index contributed by atoms with van der Waals surface area (Å²) in [4.78, 5) is 6.76. The van der Waals surface area contributed by atoms with E-state index >= 15 is 0 Å². The summed E-state index contributed by atoms with van der Waals surface area (Å²) in [5.74, 6) is 0.942. The van der Waals surface area contributed by atoms with Gasteiger partial charge in [0.15, 0.2) is 0 Å². The second kappa shape index (κ2) is 5.92. The Bertz CT molecular complexity index is 398. The average Bonchev–Trinajstić information content (AvgIpc) is 2.75. The number of ether oxygens (including phenoxy) is 1. The van der Waals surface area contributed by atoms with Gasteiger partial charge >= 0.3 is 0 Å². The van der Waals surface area contributed by atoms with Crippen LogP contribution >= 0.6 is 0 Å². The van der Waals surface area contributed by atoms with Crippen LogP contribution in [0.15, 0.2) is 12.4 Å². The minimum atomic E-state index is 0.298. The van der Waals surface area contributed by atoms with Crippen molar-refractivity contribution in [2.75, 3.05) is 39.7 Å². The molecular formula is C14H26N4O. The summed E-state index contributed by atoms with van der Waals surface area (Å²) in [6.07, 6.45) is 7.71. The van der Waals surface area contributed by atoms with Gasteiger partial charge in [0.1, 0.15) is 0 Å². The van der Waals surface area contributed by atoms with Gasteiger partial charge in [-0.25, -0.2) is 4.98 Å². The fourth-order valence-electron chi connectivity index (χ4n) is 2.74. The highest BCUT2D eigenvalue weighted by Gasteiger charge is 2.39. The predicted molar refractivity (Wildman–Crippen MR) is 77.6 cm³/mol. The standard InChI is InChI=1S/C14H26N4O/c1-12(10-19-4)18-9-8-15-13(18)16-11-14(17(2)3)6-5-7-14/h8-9,12H,5-7,10-11H2,1-4H3,(H,15,16). The fraction of sp³-hybridized carbons (Fsp3) is 0.786. The van der Waals surface area contributed by atoms with Crippen molar-refractivity contribution < 1.29 is 4.74 Å². The lowest BCUT2D eigenvalue weighted by Gasteiger charge is -2.47. The maximum absolute atomic E-state index is 5.21. The van der Waals surface area contributed by atoms with Crippen molar-refractivity contribution in [3.05, 3.63) is 12.4 Å². The lowest BCUT2D eigenvalue weighted by molar-refractivity contribution is 0.0735. The zero-order chi connectivity index (χ0) is 13.9. The third-order valence-electron chi connectivity index (χ3n) is 4.36. The molecule has 1 aromatic rings. The molecule has 1 saturated carbocycles. The molecule has 1 unspecified atom stereocenters. The van der Waals surface area contributed by atoms with Gasteiger partial charge < -0.3 is 19.5 Å². The Morgan fingerprint density at radius 3 is 2.79 bits per heavy atom. The van der Waals surface area contributed by atoms with Gasteiger partial charge in [-0.3, -0.25) is 0 Å². The van der Waals surface area contributed by atoms with E-state index in [1.807, 2.05) is 12.4 Å². The highest BCUT2D eigenvalue weighted by Crippen LogP contribution is 2.36. The molecule has 5 heteroatoms. The van der Waals surface area contributed by atoms with Crippen molar-refractivity contribution in [2.45, 2.75) is 37.8 Å². The second-order valence-corrected chi connectivity index (χ2v) is 5.79. The number of anilines is 1. The number of methoxy groups -OCH3 is 1. The lowest BCUT2D eigenvalue weighted by atomic mass is 9.75. The van der Waals surface area contributed by atoms with Gasteiger partial charge in [-0.05, 0) is 40.3 Å². The minimum absolute atomic E-state index is 0.298. The third-order valence-corrected chi connectivity index (χ3v) is 4.36. The van der Waals surface area contributed by atoms with E-state index in [1.54, 1.807) is 7.11 Å². The van der Waals surface area contributed by atoms with Crippen molar-refractivity contribution in [3.8, 4) is 0 Å². The van der Waals surface area contributed by atoms with E-state index in [2.05, 4.69) is 40.8 Å². The first-order valence-corrected chi connectivity index (χ1v) is 7.02. The molecule has 0 amide bonds. The Labute approximate surface area is 116 Å². The van der Waals surface area contributed by atoms with E-state index in [0.29, 0.717) is 18.2 Å². The van der Waals surface area contributed by atoms with Crippen molar-refractivity contribution >= 4 is 5.95 Å². The van der Waals surface area contributed by atoms with Gasteiger partial charge in [-0.1, -0.05) is 0 Å². The summed E-state index contributed by atoms with van der Waals surface area (Å²) in [5.41, 5.74) is 0.307. The van der Waals surface area contributed by atoms with Crippen LogP contribution in [0, 0.1) is 0 Å². The van der Waals surface area contributed by atoms with Crippen LogP contribution in [0.25, 0.3) is 0 Å². The van der Waals surface area contributed by atoms with Gasteiger partial charge in [0.25, 0.3) is 0 Å². The van der Waals surface area contributed by atoms with E-state index in [0.717, 1.165) is 12.5 Å². The van der Waals surface area contributed by atoms with Gasteiger partial charge in [0.05, 0.1) is 12.6 Å². The molecule has 1 aromatic heterocycles. The predicted octanol–water partition coefficient (Wildman–Crippen LogP) is 1.99. The Morgan fingerprint density at radius 2 is 2.26 bits per heavy atom. The van der Waals surface area contributed by atoms with E-state index in [-0.39, 0.29) is 0 Å². The molecule has 0 bridgehead atoms. The SMILES string of the molecule is COCC(C)n1ccnc1NCC1(N(C)C)CCC1. The summed E-state index contributed by atoms with van der Waals surface area (Å²) in [6, 6.07) is 0.298. The largest absolute Gasteiger partial charge is 0.383 e. The topological polar surface area (TPSA) is 42.3 Å². The molecule has 0 spiro atoms. The van der Waals surface area contributed by atoms with Crippen LogP contribution in [0.3, 0.4) is 0 Å². The summed E-state index contributed by atoms with van der Waals surface area (Å²) in [7, 11) is 6.07. The van der Waals surface area contributed by atoms with Crippen LogP contribution in [0.4, 0.5) is 5.95 Å². The molecule has 19 heavy (non-hydrogen) atoms. The summed E-state index contributed by atoms with van der Waals surface area (Å²) in [6.45, 7) is 3.79. The van der Waals surface area contributed by atoms with Gasteiger partial charge in [-0.15, -0.1) is 0 Å². The number of likely N-dealkylation sites (N-methyl/N-ethyl adjacent to an activating group) is 1. The highest BCUT2D eigenvalue weighted by atomic mass is 16.5. The van der Waals surface area contributed by atoms with E-state index in [4.69, 9.17) is 4.74 Å². The molecule has 2 rings (SSSR count). The van der Waals surface area contributed by atoms with Crippen LogP contribution < -0.4 is 5.32 Å². The number of nitrogens with one attached hydrogen (secondary N) is 1. The number of imidazole rings is 1. The lowest BCUT2D eigenvalue weighted by Crippen LogP contribution is -2.54. The zero-order valence-corrected chi connectivity index (χ0v) is 12.5. The second-order valence-electron chi connectivity index (χ2n) is 5.79. The molecule has 0 aliphatic heterocycles. The minimum Gasteiger partial charge on any atom is -0.383 e. The molecule has 0 aromatic carbocycles. The van der Waals surface area contributed by atoms with E-state index in [9.17, 15) is 0 Å². The molecule has 1 heterocycles. The molecule has 1 aliphatic carbocycles. The van der Waals surface area contributed by atoms with Crippen LogP contribution in [-0.4, -0.2) is 54.3 Å². The van der Waals surface area contributed by atoms with Gasteiger partial charge in [-0.2, -0.15) is 0 Å². The molecule has 1 N–H and O–H groups in total. The summed E-state index contributed by atoms with van der Waals surface area (Å²) in [5, 5.41) is 3.51. The Hall–Kier alpha value is -1.07. The van der Waals surface area contributed by atoms with Gasteiger partial charge in [0, 0.05) is 31.6 Å². The maximum atomic E-state index is 5.21. The van der Waals surface area contributed by atoms with Crippen molar-refractivity contribution in [2.24, 2.45) is 0 Å². The summed E-state index contributed by atoms with van der Waals surface area (Å²) >= 11 is 0. The monoisotopic (exact) mass is 266 g/mol. The maximum Gasteiger partial charge on any atom is 0.203 e. The normalized spacial score (nSPS) is 19.2. The Balaban J connectivity index is 1.98. The Kier molecular flexibility index (Phi) is 4.47. The van der Waals surface area contributed by atoms with Crippen molar-refractivity contribution in [1.82, 2.24) is 14.5 Å². The Morgan fingerprint density at radius 1 is 1.53 bits per heavy atom. The number of hydrogen-bond donors (Lipinski definition) is 1. The van der Waals surface area contributed by atoms with Crippen LogP contribution in [-0.2, 0) is 4.74 Å². The molecular weight excluding hydrogens is 240 g/mol.